The molecule has 1 heterocycles. The molecule has 22 heavy (non-hydrogen) atoms. The van der Waals surface area contributed by atoms with E-state index in [0.717, 1.165) is 30.6 Å². The number of nitrogens with one attached hydrogen (secondary N) is 1. The molecule has 0 spiro atoms. The highest BCUT2D eigenvalue weighted by molar-refractivity contribution is 5.93. The molecule has 120 valence electrons. The number of aryl methyl sites for hydroxylation is 2. The molecule has 0 radical (unpaired) electrons. The van der Waals surface area contributed by atoms with Gasteiger partial charge in [-0.25, -0.2) is 0 Å². The predicted molar refractivity (Wildman–Crippen MR) is 87.9 cm³/mol. The fourth-order valence-electron chi connectivity index (χ4n) is 3.52. The van der Waals surface area contributed by atoms with Gasteiger partial charge in [-0.2, -0.15) is 0 Å². The Morgan fingerprint density at radius 2 is 2.09 bits per heavy atom. The number of hydrogen-bond acceptors (Lipinski definition) is 3. The van der Waals surface area contributed by atoms with E-state index in [4.69, 9.17) is 0 Å². The number of nitrogens with zero attached hydrogens (tertiary/aromatic N) is 1. The maximum absolute atomic E-state index is 12.4. The van der Waals surface area contributed by atoms with E-state index >= 15 is 0 Å². The molecule has 0 bridgehead atoms. The van der Waals surface area contributed by atoms with Gasteiger partial charge in [0.15, 0.2) is 0 Å². The van der Waals surface area contributed by atoms with Crippen LogP contribution in [0.4, 0.5) is 5.69 Å². The van der Waals surface area contributed by atoms with Crippen molar-refractivity contribution in [2.45, 2.75) is 51.7 Å². The first kappa shape index (κ1) is 15.5. The smallest absolute Gasteiger partial charge is 0.238 e. The molecule has 1 aromatic rings. The Morgan fingerprint density at radius 3 is 2.77 bits per heavy atom. The third-order valence-electron chi connectivity index (χ3n) is 4.90. The highest BCUT2D eigenvalue weighted by Crippen LogP contribution is 2.39. The normalized spacial score (nSPS) is 26.0. The van der Waals surface area contributed by atoms with E-state index in [2.05, 4.69) is 23.2 Å². The van der Waals surface area contributed by atoms with Crippen LogP contribution in [-0.4, -0.2) is 41.1 Å². The Labute approximate surface area is 132 Å². The minimum absolute atomic E-state index is 0.0500. The number of benzene rings is 1. The largest absolute Gasteiger partial charge is 0.393 e. The first-order chi connectivity index (χ1) is 10.5. The van der Waals surface area contributed by atoms with Crippen LogP contribution in [0.1, 0.15) is 36.8 Å². The second kappa shape index (κ2) is 6.39. The summed E-state index contributed by atoms with van der Waals surface area (Å²) in [5, 5.41) is 12.9. The van der Waals surface area contributed by atoms with Gasteiger partial charge in [0.05, 0.1) is 12.6 Å². The van der Waals surface area contributed by atoms with Gasteiger partial charge in [-0.15, -0.1) is 0 Å². The number of likely N-dealkylation sites (tertiary alicyclic amines) is 1. The number of aliphatic hydroxyl groups is 1. The first-order valence-corrected chi connectivity index (χ1v) is 8.32. The molecule has 1 amide bonds. The maximum Gasteiger partial charge on any atom is 0.238 e. The van der Waals surface area contributed by atoms with E-state index in [9.17, 15) is 9.90 Å². The molecule has 2 aliphatic rings. The van der Waals surface area contributed by atoms with Crippen molar-refractivity contribution in [3.8, 4) is 0 Å². The van der Waals surface area contributed by atoms with Crippen molar-refractivity contribution in [2.75, 3.05) is 18.4 Å². The summed E-state index contributed by atoms with van der Waals surface area (Å²) in [6.45, 7) is 5.33. The Morgan fingerprint density at radius 1 is 1.32 bits per heavy atom. The molecule has 1 saturated heterocycles. The third-order valence-corrected chi connectivity index (χ3v) is 4.90. The molecule has 2 atom stereocenters. The zero-order valence-corrected chi connectivity index (χ0v) is 13.5. The van der Waals surface area contributed by atoms with Crippen LogP contribution in [0.25, 0.3) is 0 Å². The molecule has 1 aliphatic carbocycles. The zero-order chi connectivity index (χ0) is 15.7. The van der Waals surface area contributed by atoms with E-state index in [1.54, 1.807) is 0 Å². The Kier molecular flexibility index (Phi) is 4.50. The fourth-order valence-corrected chi connectivity index (χ4v) is 3.52. The minimum Gasteiger partial charge on any atom is -0.393 e. The van der Waals surface area contributed by atoms with Crippen LogP contribution in [0.5, 0.6) is 0 Å². The quantitative estimate of drug-likeness (QED) is 0.898. The maximum atomic E-state index is 12.4. The van der Waals surface area contributed by atoms with Crippen molar-refractivity contribution in [1.29, 1.82) is 0 Å². The summed E-state index contributed by atoms with van der Waals surface area (Å²) in [7, 11) is 0. The second-order valence-corrected chi connectivity index (χ2v) is 6.92. The van der Waals surface area contributed by atoms with Gasteiger partial charge in [0.25, 0.3) is 0 Å². The summed E-state index contributed by atoms with van der Waals surface area (Å²) in [6, 6.07) is 6.46. The molecule has 3 rings (SSSR count). The highest BCUT2D eigenvalue weighted by Gasteiger charge is 2.39. The van der Waals surface area contributed by atoms with E-state index in [-0.39, 0.29) is 12.0 Å². The Bertz CT molecular complexity index is 554. The first-order valence-electron chi connectivity index (χ1n) is 8.32. The summed E-state index contributed by atoms with van der Waals surface area (Å²) in [6.07, 6.45) is 3.89. The van der Waals surface area contributed by atoms with Crippen LogP contribution < -0.4 is 5.32 Å². The molecule has 1 aliphatic heterocycles. The van der Waals surface area contributed by atoms with Crippen molar-refractivity contribution in [3.63, 3.8) is 0 Å². The Balaban J connectivity index is 1.60. The monoisotopic (exact) mass is 302 g/mol. The topological polar surface area (TPSA) is 52.6 Å². The van der Waals surface area contributed by atoms with Crippen molar-refractivity contribution in [3.05, 3.63) is 29.3 Å². The Hall–Kier alpha value is -1.39. The lowest BCUT2D eigenvalue weighted by Crippen LogP contribution is -2.48. The standard InChI is InChI=1S/C18H26N2O2/c1-12-3-6-16(13(2)9-12)19-18(22)11-20-8-7-15(21)10-17(20)14-4-5-14/h3,6,9,14-15,17,21H,4-5,7-8,10-11H2,1-2H3,(H,19,22)/t15-,17+/m0/s1. The van der Waals surface area contributed by atoms with Gasteiger partial charge < -0.3 is 10.4 Å². The number of aliphatic hydroxyl groups excluding tert-OH is 1. The van der Waals surface area contributed by atoms with Crippen LogP contribution in [0.3, 0.4) is 0 Å². The number of piperidine rings is 1. The van der Waals surface area contributed by atoms with Crippen LogP contribution in [0.2, 0.25) is 0 Å². The van der Waals surface area contributed by atoms with Gasteiger partial charge >= 0.3 is 0 Å². The van der Waals surface area contributed by atoms with Gasteiger partial charge in [-0.3, -0.25) is 9.69 Å². The third kappa shape index (κ3) is 3.68. The molecular weight excluding hydrogens is 276 g/mol. The number of carbonyl (C=O) groups is 1. The summed E-state index contributed by atoms with van der Waals surface area (Å²) >= 11 is 0. The van der Waals surface area contributed by atoms with Gasteiger partial charge in [-0.05, 0) is 57.1 Å². The van der Waals surface area contributed by atoms with E-state index in [0.29, 0.717) is 18.5 Å². The molecule has 0 aromatic heterocycles. The number of carbonyl (C=O) groups excluding carboxylic acids is 1. The molecule has 2 N–H and O–H groups in total. The summed E-state index contributed by atoms with van der Waals surface area (Å²) < 4.78 is 0. The molecule has 1 saturated carbocycles. The number of rotatable bonds is 4. The minimum atomic E-state index is -0.191. The molecule has 1 aromatic carbocycles. The van der Waals surface area contributed by atoms with E-state index in [1.165, 1.54) is 18.4 Å². The predicted octanol–water partition coefficient (Wildman–Crippen LogP) is 2.48. The van der Waals surface area contributed by atoms with Gasteiger partial charge in [0, 0.05) is 18.3 Å². The SMILES string of the molecule is Cc1ccc(NC(=O)CN2CC[C@H](O)C[C@@H]2C2CC2)c(C)c1. The van der Waals surface area contributed by atoms with E-state index < -0.39 is 0 Å². The highest BCUT2D eigenvalue weighted by atomic mass is 16.3. The van der Waals surface area contributed by atoms with Crippen LogP contribution in [0, 0.1) is 19.8 Å². The van der Waals surface area contributed by atoms with Crippen molar-refractivity contribution < 1.29 is 9.90 Å². The van der Waals surface area contributed by atoms with Crippen LogP contribution in [0.15, 0.2) is 18.2 Å². The molecule has 4 nitrogen and oxygen atoms in total. The second-order valence-electron chi connectivity index (χ2n) is 6.92. The number of amides is 1. The van der Waals surface area contributed by atoms with Crippen LogP contribution >= 0.6 is 0 Å². The van der Waals surface area contributed by atoms with Crippen molar-refractivity contribution in [2.24, 2.45) is 5.92 Å². The van der Waals surface area contributed by atoms with Crippen molar-refractivity contribution >= 4 is 11.6 Å². The fraction of sp³-hybridized carbons (Fsp3) is 0.611. The van der Waals surface area contributed by atoms with Gasteiger partial charge in [0.2, 0.25) is 5.91 Å². The van der Waals surface area contributed by atoms with Gasteiger partial charge in [-0.1, -0.05) is 17.7 Å². The average molecular weight is 302 g/mol. The zero-order valence-electron chi connectivity index (χ0n) is 13.5. The van der Waals surface area contributed by atoms with Crippen molar-refractivity contribution in [1.82, 2.24) is 4.90 Å². The molecule has 0 unspecified atom stereocenters. The summed E-state index contributed by atoms with van der Waals surface area (Å²) in [4.78, 5) is 14.6. The molecule has 4 heteroatoms. The van der Waals surface area contributed by atoms with E-state index in [1.807, 2.05) is 19.1 Å². The van der Waals surface area contributed by atoms with Crippen LogP contribution in [-0.2, 0) is 4.79 Å². The van der Waals surface area contributed by atoms with Gasteiger partial charge in [0.1, 0.15) is 0 Å². The molecule has 2 fully saturated rings. The number of hydrogen-bond donors (Lipinski definition) is 2. The molecular formula is C18H26N2O2. The lowest BCUT2D eigenvalue weighted by Gasteiger charge is -2.37. The summed E-state index contributed by atoms with van der Waals surface area (Å²) in [5.41, 5.74) is 3.20. The lowest BCUT2D eigenvalue weighted by molar-refractivity contribution is -0.119. The number of anilines is 1. The lowest BCUT2D eigenvalue weighted by atomic mass is 9.96. The average Bonchev–Trinajstić information content (AvgIpc) is 3.28. The summed E-state index contributed by atoms with van der Waals surface area (Å²) in [5.74, 6) is 0.734.